The summed E-state index contributed by atoms with van der Waals surface area (Å²) in [6, 6.07) is 5.34. The number of likely N-dealkylation sites (tertiary alicyclic amines) is 2. The second-order valence-corrected chi connectivity index (χ2v) is 11.9. The van der Waals surface area contributed by atoms with Crippen LogP contribution in [0.25, 0.3) is 0 Å². The van der Waals surface area contributed by atoms with Gasteiger partial charge < -0.3 is 19.3 Å². The zero-order chi connectivity index (χ0) is 27.6. The summed E-state index contributed by atoms with van der Waals surface area (Å²) >= 11 is 0. The lowest BCUT2D eigenvalue weighted by Gasteiger charge is -2.38. The van der Waals surface area contributed by atoms with Crippen molar-refractivity contribution in [2.24, 2.45) is 11.8 Å². The first-order chi connectivity index (χ1) is 18.6. The number of halogens is 3. The van der Waals surface area contributed by atoms with Gasteiger partial charge in [-0.25, -0.2) is 4.79 Å². The second kappa shape index (κ2) is 11.6. The van der Waals surface area contributed by atoms with Crippen LogP contribution in [-0.2, 0) is 27.0 Å². The Bertz CT molecular complexity index is 994. The standard InChI is InChI=1S/C29H40F3N3O4/c1-38-25-10-14-34(15-11-25)26(36)23-6-2-22(3-7-23)19-35-20-28(39-27(35)37)12-16-33(17-13-28)18-21-4-8-24(9-5-21)29(30,31)32/h4-5,8-9,22-23,25H,2-3,6-7,10-20H2,1H3/t22-,23-. The minimum absolute atomic E-state index is 0.0891. The Balaban J connectivity index is 1.05. The zero-order valence-corrected chi connectivity index (χ0v) is 22.8. The quantitative estimate of drug-likeness (QED) is 0.502. The van der Waals surface area contributed by atoms with Crippen LogP contribution in [0.4, 0.5) is 18.0 Å². The van der Waals surface area contributed by atoms with Crippen LogP contribution in [0.2, 0.25) is 0 Å². The number of hydrogen-bond acceptors (Lipinski definition) is 5. The molecule has 4 fully saturated rings. The summed E-state index contributed by atoms with van der Waals surface area (Å²) in [6.45, 7) is 4.87. The van der Waals surface area contributed by atoms with Crippen LogP contribution >= 0.6 is 0 Å². The summed E-state index contributed by atoms with van der Waals surface area (Å²) in [4.78, 5) is 31.8. The number of methoxy groups -OCH3 is 1. The van der Waals surface area contributed by atoms with Crippen LogP contribution in [-0.4, -0.2) is 84.8 Å². The molecule has 1 aromatic carbocycles. The van der Waals surface area contributed by atoms with Crippen molar-refractivity contribution in [3.05, 3.63) is 35.4 Å². The molecular weight excluding hydrogens is 511 g/mol. The Kier molecular flexibility index (Phi) is 8.42. The maximum absolute atomic E-state index is 13.0. The van der Waals surface area contributed by atoms with E-state index in [1.165, 1.54) is 12.1 Å². The summed E-state index contributed by atoms with van der Waals surface area (Å²) in [5.74, 6) is 0.757. The maximum Gasteiger partial charge on any atom is 0.416 e. The number of benzene rings is 1. The van der Waals surface area contributed by atoms with Gasteiger partial charge in [0.25, 0.3) is 0 Å². The van der Waals surface area contributed by atoms with Crippen LogP contribution < -0.4 is 0 Å². The molecule has 0 atom stereocenters. The van der Waals surface area contributed by atoms with Crippen molar-refractivity contribution in [3.8, 4) is 0 Å². The molecule has 0 bridgehead atoms. The normalized spacial score (nSPS) is 26.7. The fourth-order valence-electron chi connectivity index (χ4n) is 6.74. The van der Waals surface area contributed by atoms with Gasteiger partial charge in [0.15, 0.2) is 0 Å². The Morgan fingerprint density at radius 3 is 2.23 bits per heavy atom. The van der Waals surface area contributed by atoms with Gasteiger partial charge in [-0.05, 0) is 62.1 Å². The molecule has 0 N–H and O–H groups in total. The topological polar surface area (TPSA) is 62.3 Å². The highest BCUT2D eigenvalue weighted by atomic mass is 19.4. The van der Waals surface area contributed by atoms with E-state index in [4.69, 9.17) is 9.47 Å². The molecule has 4 aliphatic rings. The predicted octanol–water partition coefficient (Wildman–Crippen LogP) is 4.94. The number of carbonyl (C=O) groups excluding carboxylic acids is 2. The predicted molar refractivity (Wildman–Crippen MR) is 139 cm³/mol. The number of carbonyl (C=O) groups is 2. The summed E-state index contributed by atoms with van der Waals surface area (Å²) < 4.78 is 49.8. The van der Waals surface area contributed by atoms with Crippen LogP contribution in [0.5, 0.6) is 0 Å². The van der Waals surface area contributed by atoms with Crippen molar-refractivity contribution in [3.63, 3.8) is 0 Å². The van der Waals surface area contributed by atoms with Crippen molar-refractivity contribution in [2.75, 3.05) is 46.4 Å². The molecule has 1 aliphatic carbocycles. The van der Waals surface area contributed by atoms with Gasteiger partial charge in [-0.2, -0.15) is 13.2 Å². The van der Waals surface area contributed by atoms with Gasteiger partial charge in [0.1, 0.15) is 5.60 Å². The first-order valence-corrected chi connectivity index (χ1v) is 14.3. The zero-order valence-electron chi connectivity index (χ0n) is 22.8. The van der Waals surface area contributed by atoms with Crippen LogP contribution in [0.15, 0.2) is 24.3 Å². The largest absolute Gasteiger partial charge is 0.441 e. The van der Waals surface area contributed by atoms with E-state index in [0.29, 0.717) is 25.6 Å². The molecule has 10 heteroatoms. The van der Waals surface area contributed by atoms with Crippen molar-refractivity contribution in [1.29, 1.82) is 0 Å². The molecule has 1 aromatic rings. The number of ether oxygens (including phenoxy) is 2. The molecule has 1 saturated carbocycles. The summed E-state index contributed by atoms with van der Waals surface area (Å²) in [6.07, 6.45) is 2.59. The van der Waals surface area contributed by atoms with E-state index < -0.39 is 17.3 Å². The average molecular weight is 552 g/mol. The van der Waals surface area contributed by atoms with Gasteiger partial charge >= 0.3 is 12.3 Å². The first-order valence-electron chi connectivity index (χ1n) is 14.3. The third-order valence-electron chi connectivity index (χ3n) is 9.26. The number of alkyl halides is 3. The Labute approximate surface area is 228 Å². The number of hydrogen-bond donors (Lipinski definition) is 0. The van der Waals surface area contributed by atoms with E-state index in [-0.39, 0.29) is 24.0 Å². The van der Waals surface area contributed by atoms with E-state index in [1.807, 2.05) is 9.80 Å². The van der Waals surface area contributed by atoms with E-state index in [9.17, 15) is 22.8 Å². The Morgan fingerprint density at radius 2 is 1.64 bits per heavy atom. The highest BCUT2D eigenvalue weighted by molar-refractivity contribution is 5.79. The average Bonchev–Trinajstić information content (AvgIpc) is 3.24. The summed E-state index contributed by atoms with van der Waals surface area (Å²) in [5, 5.41) is 0. The lowest BCUT2D eigenvalue weighted by molar-refractivity contribution is -0.139. The summed E-state index contributed by atoms with van der Waals surface area (Å²) in [7, 11) is 1.73. The van der Waals surface area contributed by atoms with E-state index in [1.54, 1.807) is 7.11 Å². The molecule has 0 unspecified atom stereocenters. The van der Waals surface area contributed by atoms with Crippen LogP contribution in [0, 0.1) is 11.8 Å². The lowest BCUT2D eigenvalue weighted by atomic mass is 9.80. The van der Waals surface area contributed by atoms with Crippen molar-refractivity contribution >= 4 is 12.0 Å². The third-order valence-corrected chi connectivity index (χ3v) is 9.26. The fraction of sp³-hybridized carbons (Fsp3) is 0.724. The molecule has 2 amide bonds. The number of piperidine rings is 2. The molecule has 3 aliphatic heterocycles. The minimum Gasteiger partial charge on any atom is -0.441 e. The molecule has 7 nitrogen and oxygen atoms in total. The van der Waals surface area contributed by atoms with Crippen molar-refractivity contribution in [2.45, 2.75) is 75.8 Å². The SMILES string of the molecule is COC1CCN(C(=O)[C@H]2CC[C@H](CN3CC4(CCN(Cc5ccc(C(F)(F)F)cc5)CC4)OC3=O)CC2)CC1. The maximum atomic E-state index is 13.0. The first kappa shape index (κ1) is 28.2. The van der Waals surface area contributed by atoms with Gasteiger partial charge in [-0.1, -0.05) is 12.1 Å². The van der Waals surface area contributed by atoms with Crippen LogP contribution in [0.3, 0.4) is 0 Å². The van der Waals surface area contributed by atoms with Gasteiger partial charge in [0, 0.05) is 65.1 Å². The third kappa shape index (κ3) is 6.70. The smallest absolute Gasteiger partial charge is 0.416 e. The molecule has 39 heavy (non-hydrogen) atoms. The highest BCUT2D eigenvalue weighted by Crippen LogP contribution is 2.37. The van der Waals surface area contributed by atoms with Crippen LogP contribution in [0.1, 0.15) is 62.5 Å². The fourth-order valence-corrected chi connectivity index (χ4v) is 6.74. The number of rotatable bonds is 6. The van der Waals surface area contributed by atoms with E-state index >= 15 is 0 Å². The van der Waals surface area contributed by atoms with Crippen molar-refractivity contribution in [1.82, 2.24) is 14.7 Å². The molecule has 3 heterocycles. The van der Waals surface area contributed by atoms with E-state index in [0.717, 1.165) is 95.2 Å². The summed E-state index contributed by atoms with van der Waals surface area (Å²) in [5.41, 5.74) is -0.267. The molecule has 0 radical (unpaired) electrons. The molecular formula is C29H40F3N3O4. The van der Waals surface area contributed by atoms with Gasteiger partial charge in [0.05, 0.1) is 18.2 Å². The second-order valence-electron chi connectivity index (χ2n) is 11.9. The van der Waals surface area contributed by atoms with Gasteiger partial charge in [0.2, 0.25) is 5.91 Å². The molecule has 0 aromatic heterocycles. The number of nitrogens with zero attached hydrogens (tertiary/aromatic N) is 3. The van der Waals surface area contributed by atoms with Gasteiger partial charge in [-0.3, -0.25) is 9.69 Å². The molecule has 1 spiro atoms. The van der Waals surface area contributed by atoms with Gasteiger partial charge in [-0.15, -0.1) is 0 Å². The monoisotopic (exact) mass is 551 g/mol. The van der Waals surface area contributed by atoms with Crippen molar-refractivity contribution < 1.29 is 32.2 Å². The molecule has 5 rings (SSSR count). The Morgan fingerprint density at radius 1 is 1.00 bits per heavy atom. The minimum atomic E-state index is -4.33. The Hall–Kier alpha value is -2.33. The molecule has 3 saturated heterocycles. The van der Waals surface area contributed by atoms with E-state index in [2.05, 4.69) is 4.90 Å². The lowest BCUT2D eigenvalue weighted by Crippen LogP contribution is -2.47. The highest BCUT2D eigenvalue weighted by Gasteiger charge is 2.47. The molecule has 216 valence electrons. The number of amides is 2.